The van der Waals surface area contributed by atoms with E-state index in [1.807, 2.05) is 19.2 Å². The number of carbonyl (C=O) groups excluding carboxylic acids is 1. The van der Waals surface area contributed by atoms with Gasteiger partial charge in [0, 0.05) is 24.8 Å². The SMILES string of the molecule is CC(Cn1cccn1)OC(=O)c1cccnc1. The molecule has 0 spiro atoms. The molecule has 0 bridgehead atoms. The second kappa shape index (κ2) is 5.25. The van der Waals surface area contributed by atoms with E-state index in [4.69, 9.17) is 4.74 Å². The molecule has 1 unspecified atom stereocenters. The van der Waals surface area contributed by atoms with Gasteiger partial charge in [0.1, 0.15) is 6.10 Å². The molecule has 0 aliphatic carbocycles. The Hall–Kier alpha value is -2.17. The normalized spacial score (nSPS) is 12.1. The van der Waals surface area contributed by atoms with Crippen molar-refractivity contribution in [1.29, 1.82) is 0 Å². The summed E-state index contributed by atoms with van der Waals surface area (Å²) in [7, 11) is 0. The monoisotopic (exact) mass is 231 g/mol. The molecule has 0 saturated heterocycles. The molecule has 0 fully saturated rings. The first kappa shape index (κ1) is 11.3. The molecule has 0 amide bonds. The lowest BCUT2D eigenvalue weighted by atomic mass is 10.3. The van der Waals surface area contributed by atoms with Gasteiger partial charge in [0.15, 0.2) is 0 Å². The fraction of sp³-hybridized carbons (Fsp3) is 0.250. The third-order valence-corrected chi connectivity index (χ3v) is 2.21. The third kappa shape index (κ3) is 3.14. The lowest BCUT2D eigenvalue weighted by Crippen LogP contribution is -2.21. The maximum absolute atomic E-state index is 11.7. The number of rotatable bonds is 4. The highest BCUT2D eigenvalue weighted by molar-refractivity contribution is 5.89. The van der Waals surface area contributed by atoms with Crippen molar-refractivity contribution in [1.82, 2.24) is 14.8 Å². The zero-order valence-electron chi connectivity index (χ0n) is 9.48. The van der Waals surface area contributed by atoms with Gasteiger partial charge < -0.3 is 4.74 Å². The van der Waals surface area contributed by atoms with E-state index in [-0.39, 0.29) is 12.1 Å². The van der Waals surface area contributed by atoms with Crippen molar-refractivity contribution < 1.29 is 9.53 Å². The molecule has 0 aromatic carbocycles. The smallest absolute Gasteiger partial charge is 0.340 e. The number of esters is 1. The van der Waals surface area contributed by atoms with Crippen LogP contribution in [0.2, 0.25) is 0 Å². The highest BCUT2D eigenvalue weighted by Gasteiger charge is 2.12. The molecule has 0 aliphatic heterocycles. The van der Waals surface area contributed by atoms with Gasteiger partial charge in [-0.2, -0.15) is 5.10 Å². The van der Waals surface area contributed by atoms with Gasteiger partial charge in [0.05, 0.1) is 12.1 Å². The van der Waals surface area contributed by atoms with Crippen LogP contribution in [-0.2, 0) is 11.3 Å². The van der Waals surface area contributed by atoms with Crippen molar-refractivity contribution in [2.24, 2.45) is 0 Å². The molecule has 5 heteroatoms. The zero-order chi connectivity index (χ0) is 12.1. The Balaban J connectivity index is 1.91. The van der Waals surface area contributed by atoms with Crippen LogP contribution in [0.1, 0.15) is 17.3 Å². The first-order chi connectivity index (χ1) is 8.25. The van der Waals surface area contributed by atoms with Gasteiger partial charge in [0.2, 0.25) is 0 Å². The topological polar surface area (TPSA) is 57.0 Å². The first-order valence-electron chi connectivity index (χ1n) is 5.34. The number of carbonyl (C=O) groups is 1. The summed E-state index contributed by atoms with van der Waals surface area (Å²) in [6.45, 7) is 2.37. The second-order valence-electron chi connectivity index (χ2n) is 3.69. The molecule has 2 aromatic rings. The predicted molar refractivity (Wildman–Crippen MR) is 61.3 cm³/mol. The Labute approximate surface area is 99.1 Å². The Kier molecular flexibility index (Phi) is 3.49. The van der Waals surface area contributed by atoms with E-state index in [2.05, 4.69) is 10.1 Å². The zero-order valence-corrected chi connectivity index (χ0v) is 9.48. The molecule has 5 nitrogen and oxygen atoms in total. The molecular weight excluding hydrogens is 218 g/mol. The summed E-state index contributed by atoms with van der Waals surface area (Å²) in [4.78, 5) is 15.6. The summed E-state index contributed by atoms with van der Waals surface area (Å²) in [6.07, 6.45) is 6.39. The quantitative estimate of drug-likeness (QED) is 0.749. The maximum atomic E-state index is 11.7. The van der Waals surface area contributed by atoms with E-state index >= 15 is 0 Å². The van der Waals surface area contributed by atoms with Crippen molar-refractivity contribution >= 4 is 5.97 Å². The highest BCUT2D eigenvalue weighted by atomic mass is 16.5. The lowest BCUT2D eigenvalue weighted by Gasteiger charge is -2.12. The van der Waals surface area contributed by atoms with Crippen LogP contribution in [0.15, 0.2) is 43.0 Å². The molecule has 17 heavy (non-hydrogen) atoms. The Morgan fingerprint density at radius 3 is 3.00 bits per heavy atom. The van der Waals surface area contributed by atoms with E-state index in [0.717, 1.165) is 0 Å². The van der Waals surface area contributed by atoms with Crippen LogP contribution >= 0.6 is 0 Å². The van der Waals surface area contributed by atoms with E-state index in [1.165, 1.54) is 6.20 Å². The van der Waals surface area contributed by atoms with Gasteiger partial charge in [-0.05, 0) is 25.1 Å². The van der Waals surface area contributed by atoms with Crippen LogP contribution < -0.4 is 0 Å². The van der Waals surface area contributed by atoms with Crippen LogP contribution in [0.25, 0.3) is 0 Å². The van der Waals surface area contributed by atoms with Gasteiger partial charge >= 0.3 is 5.97 Å². The number of pyridine rings is 1. The number of aromatic nitrogens is 3. The van der Waals surface area contributed by atoms with Crippen molar-refractivity contribution in [3.63, 3.8) is 0 Å². The van der Waals surface area contributed by atoms with Crippen molar-refractivity contribution in [3.8, 4) is 0 Å². The number of nitrogens with zero attached hydrogens (tertiary/aromatic N) is 3. The molecule has 0 radical (unpaired) electrons. The summed E-state index contributed by atoms with van der Waals surface area (Å²) in [5.74, 6) is -0.363. The molecule has 2 heterocycles. The van der Waals surface area contributed by atoms with Crippen LogP contribution in [0, 0.1) is 0 Å². The third-order valence-electron chi connectivity index (χ3n) is 2.21. The predicted octanol–water partition coefficient (Wildman–Crippen LogP) is 1.52. The molecule has 0 N–H and O–H groups in total. The Morgan fingerprint density at radius 1 is 1.47 bits per heavy atom. The molecular formula is C12H13N3O2. The van der Waals surface area contributed by atoms with Crippen LogP contribution in [-0.4, -0.2) is 26.8 Å². The van der Waals surface area contributed by atoms with E-state index < -0.39 is 0 Å². The average Bonchev–Trinajstić information content (AvgIpc) is 2.82. The van der Waals surface area contributed by atoms with Crippen LogP contribution in [0.3, 0.4) is 0 Å². The molecule has 1 atom stereocenters. The van der Waals surface area contributed by atoms with Gasteiger partial charge in [-0.25, -0.2) is 4.79 Å². The molecule has 0 saturated carbocycles. The van der Waals surface area contributed by atoms with E-state index in [9.17, 15) is 4.79 Å². The minimum Gasteiger partial charge on any atom is -0.457 e. The minimum atomic E-state index is -0.363. The van der Waals surface area contributed by atoms with Crippen molar-refractivity contribution in [2.45, 2.75) is 19.6 Å². The molecule has 2 rings (SSSR count). The summed E-state index contributed by atoms with van der Waals surface area (Å²) in [5.41, 5.74) is 0.458. The Morgan fingerprint density at radius 2 is 2.35 bits per heavy atom. The van der Waals surface area contributed by atoms with Gasteiger partial charge in [-0.1, -0.05) is 0 Å². The van der Waals surface area contributed by atoms with Gasteiger partial charge in [-0.15, -0.1) is 0 Å². The fourth-order valence-corrected chi connectivity index (χ4v) is 1.44. The summed E-state index contributed by atoms with van der Waals surface area (Å²) < 4.78 is 6.99. The standard InChI is InChI=1S/C12H13N3O2/c1-10(9-15-7-3-6-14-15)17-12(16)11-4-2-5-13-8-11/h2-8,10H,9H2,1H3. The number of hydrogen-bond acceptors (Lipinski definition) is 4. The second-order valence-corrected chi connectivity index (χ2v) is 3.69. The summed E-state index contributed by atoms with van der Waals surface area (Å²) in [6, 6.07) is 5.21. The maximum Gasteiger partial charge on any atom is 0.340 e. The lowest BCUT2D eigenvalue weighted by molar-refractivity contribution is 0.0298. The van der Waals surface area contributed by atoms with Crippen molar-refractivity contribution in [2.75, 3.05) is 0 Å². The number of hydrogen-bond donors (Lipinski definition) is 0. The van der Waals surface area contributed by atoms with Gasteiger partial charge in [0.25, 0.3) is 0 Å². The largest absolute Gasteiger partial charge is 0.457 e. The minimum absolute atomic E-state index is 0.234. The summed E-state index contributed by atoms with van der Waals surface area (Å²) >= 11 is 0. The van der Waals surface area contributed by atoms with Gasteiger partial charge in [-0.3, -0.25) is 9.67 Å². The van der Waals surface area contributed by atoms with Crippen molar-refractivity contribution in [3.05, 3.63) is 48.5 Å². The van der Waals surface area contributed by atoms with E-state index in [0.29, 0.717) is 12.1 Å². The molecule has 88 valence electrons. The fourth-order valence-electron chi connectivity index (χ4n) is 1.44. The average molecular weight is 231 g/mol. The van der Waals surface area contributed by atoms with E-state index in [1.54, 1.807) is 29.2 Å². The molecule has 0 aliphatic rings. The molecule has 2 aromatic heterocycles. The highest BCUT2D eigenvalue weighted by Crippen LogP contribution is 2.03. The van der Waals surface area contributed by atoms with Crippen LogP contribution in [0.5, 0.6) is 0 Å². The Bertz CT molecular complexity index is 468. The number of ether oxygens (including phenoxy) is 1. The first-order valence-corrected chi connectivity index (χ1v) is 5.34. The van der Waals surface area contributed by atoms with Crippen LogP contribution in [0.4, 0.5) is 0 Å². The summed E-state index contributed by atoms with van der Waals surface area (Å²) in [5, 5.41) is 4.05.